The lowest BCUT2D eigenvalue weighted by atomic mass is 10.1. The molecule has 3 N–H and O–H groups in total. The summed E-state index contributed by atoms with van der Waals surface area (Å²) in [7, 11) is 0. The molecule has 2 heterocycles. The van der Waals surface area contributed by atoms with Crippen molar-refractivity contribution in [1.82, 2.24) is 15.1 Å². The average molecular weight is 194 g/mol. The van der Waals surface area contributed by atoms with Gasteiger partial charge in [0.2, 0.25) is 0 Å². The van der Waals surface area contributed by atoms with E-state index < -0.39 is 0 Å². The molecule has 1 aromatic rings. The van der Waals surface area contributed by atoms with Crippen molar-refractivity contribution >= 4 is 0 Å². The van der Waals surface area contributed by atoms with Crippen LogP contribution in [0.25, 0.3) is 0 Å². The van der Waals surface area contributed by atoms with Crippen molar-refractivity contribution in [3.05, 3.63) is 18.0 Å². The Morgan fingerprint density at radius 1 is 1.43 bits per heavy atom. The fraction of sp³-hybridized carbons (Fsp3) is 0.700. The second-order valence-corrected chi connectivity index (χ2v) is 3.86. The second-order valence-electron chi connectivity index (χ2n) is 3.86. The van der Waals surface area contributed by atoms with E-state index in [9.17, 15) is 0 Å². The Labute approximate surface area is 84.5 Å². The highest BCUT2D eigenvalue weighted by molar-refractivity contribution is 5.05. The summed E-state index contributed by atoms with van der Waals surface area (Å²) in [6.07, 6.45) is 5.74. The van der Waals surface area contributed by atoms with Crippen LogP contribution < -0.4 is 5.73 Å². The molecule has 1 fully saturated rings. The summed E-state index contributed by atoms with van der Waals surface area (Å²) < 4.78 is 0. The van der Waals surface area contributed by atoms with Crippen LogP contribution in [0.3, 0.4) is 0 Å². The number of aromatic amines is 1. The maximum absolute atomic E-state index is 5.81. The lowest BCUT2D eigenvalue weighted by molar-refractivity contribution is 0.164. The van der Waals surface area contributed by atoms with E-state index in [1.54, 1.807) is 6.20 Å². The number of nitrogens with one attached hydrogen (secondary N) is 1. The van der Waals surface area contributed by atoms with Gasteiger partial charge >= 0.3 is 0 Å². The second kappa shape index (κ2) is 4.57. The molecule has 78 valence electrons. The molecule has 1 aromatic heterocycles. The number of nitrogens with zero attached hydrogens (tertiary/aromatic N) is 2. The lowest BCUT2D eigenvalue weighted by Crippen LogP contribution is -2.37. The molecular formula is C10H18N4. The molecule has 4 nitrogen and oxygen atoms in total. The number of rotatable bonds is 3. The number of aromatic nitrogens is 2. The molecule has 0 amide bonds. The Balaban J connectivity index is 2.04. The van der Waals surface area contributed by atoms with Crippen LogP contribution in [-0.2, 0) is 0 Å². The summed E-state index contributed by atoms with van der Waals surface area (Å²) in [6, 6.07) is 2.35. The zero-order chi connectivity index (χ0) is 9.80. The maximum Gasteiger partial charge on any atom is 0.0638 e. The van der Waals surface area contributed by atoms with Gasteiger partial charge in [0.05, 0.1) is 11.7 Å². The predicted octanol–water partition coefficient (Wildman–Crippen LogP) is 0.895. The van der Waals surface area contributed by atoms with Gasteiger partial charge in [-0.05, 0) is 32.0 Å². The van der Waals surface area contributed by atoms with Crippen LogP contribution in [0.1, 0.15) is 31.0 Å². The molecule has 2 rings (SSSR count). The van der Waals surface area contributed by atoms with Gasteiger partial charge in [0.15, 0.2) is 0 Å². The minimum absolute atomic E-state index is 0.331. The van der Waals surface area contributed by atoms with Gasteiger partial charge in [0.1, 0.15) is 0 Å². The van der Waals surface area contributed by atoms with Crippen LogP contribution in [0, 0.1) is 0 Å². The molecule has 1 aliphatic rings. The van der Waals surface area contributed by atoms with Gasteiger partial charge in [0, 0.05) is 12.7 Å². The van der Waals surface area contributed by atoms with Gasteiger partial charge in [-0.15, -0.1) is 0 Å². The molecule has 0 aliphatic carbocycles. The summed E-state index contributed by atoms with van der Waals surface area (Å²) in [6.45, 7) is 3.00. The van der Waals surface area contributed by atoms with Crippen LogP contribution in [0.2, 0.25) is 0 Å². The molecule has 0 saturated carbocycles. The molecule has 14 heavy (non-hydrogen) atoms. The van der Waals surface area contributed by atoms with Crippen molar-refractivity contribution in [2.75, 3.05) is 19.6 Å². The van der Waals surface area contributed by atoms with E-state index in [2.05, 4.69) is 15.1 Å². The van der Waals surface area contributed by atoms with Crippen LogP contribution in [0.4, 0.5) is 0 Å². The molecule has 1 atom stereocenters. The Bertz CT molecular complexity index is 251. The number of likely N-dealkylation sites (tertiary alicyclic amines) is 1. The third-order valence-electron chi connectivity index (χ3n) is 2.94. The largest absolute Gasteiger partial charge is 0.329 e. The van der Waals surface area contributed by atoms with Crippen LogP contribution in [0.5, 0.6) is 0 Å². The van der Waals surface area contributed by atoms with Crippen molar-refractivity contribution in [2.45, 2.75) is 25.3 Å². The molecule has 1 aliphatic heterocycles. The van der Waals surface area contributed by atoms with E-state index in [0.717, 1.165) is 5.69 Å². The van der Waals surface area contributed by atoms with E-state index in [1.165, 1.54) is 32.4 Å². The van der Waals surface area contributed by atoms with Crippen molar-refractivity contribution < 1.29 is 0 Å². The average Bonchev–Trinajstić information content (AvgIpc) is 2.74. The van der Waals surface area contributed by atoms with Gasteiger partial charge in [-0.3, -0.25) is 10.00 Å². The summed E-state index contributed by atoms with van der Waals surface area (Å²) in [4.78, 5) is 2.46. The van der Waals surface area contributed by atoms with Gasteiger partial charge in [-0.1, -0.05) is 6.42 Å². The molecule has 0 aromatic carbocycles. The Kier molecular flexibility index (Phi) is 3.16. The minimum atomic E-state index is 0.331. The number of hydrogen-bond acceptors (Lipinski definition) is 3. The van der Waals surface area contributed by atoms with Crippen molar-refractivity contribution in [2.24, 2.45) is 5.73 Å². The highest BCUT2D eigenvalue weighted by Crippen LogP contribution is 2.21. The van der Waals surface area contributed by atoms with Crippen molar-refractivity contribution in [1.29, 1.82) is 0 Å². The molecule has 1 unspecified atom stereocenters. The highest BCUT2D eigenvalue weighted by atomic mass is 15.2. The topological polar surface area (TPSA) is 57.9 Å². The maximum atomic E-state index is 5.81. The first-order chi connectivity index (χ1) is 6.92. The van der Waals surface area contributed by atoms with Gasteiger partial charge < -0.3 is 5.73 Å². The third kappa shape index (κ3) is 1.96. The first kappa shape index (κ1) is 9.68. The third-order valence-corrected chi connectivity index (χ3v) is 2.94. The molecule has 0 bridgehead atoms. The zero-order valence-electron chi connectivity index (χ0n) is 8.45. The first-order valence-electron chi connectivity index (χ1n) is 5.35. The molecule has 4 heteroatoms. The summed E-state index contributed by atoms with van der Waals surface area (Å²) in [5.74, 6) is 0. The van der Waals surface area contributed by atoms with E-state index in [1.807, 2.05) is 6.07 Å². The Morgan fingerprint density at radius 2 is 2.21 bits per heavy atom. The Morgan fingerprint density at radius 3 is 2.79 bits per heavy atom. The van der Waals surface area contributed by atoms with Gasteiger partial charge in [-0.2, -0.15) is 5.10 Å². The van der Waals surface area contributed by atoms with Crippen LogP contribution in [0.15, 0.2) is 12.3 Å². The molecule has 1 saturated heterocycles. The number of hydrogen-bond donors (Lipinski definition) is 2. The normalized spacial score (nSPS) is 20.9. The van der Waals surface area contributed by atoms with E-state index in [0.29, 0.717) is 12.6 Å². The van der Waals surface area contributed by atoms with Gasteiger partial charge in [-0.25, -0.2) is 0 Å². The van der Waals surface area contributed by atoms with E-state index in [-0.39, 0.29) is 0 Å². The predicted molar refractivity (Wildman–Crippen MR) is 55.8 cm³/mol. The van der Waals surface area contributed by atoms with E-state index in [4.69, 9.17) is 5.73 Å². The number of nitrogens with two attached hydrogens (primary N) is 1. The monoisotopic (exact) mass is 194 g/mol. The molecule has 0 radical (unpaired) electrons. The number of H-pyrrole nitrogens is 1. The minimum Gasteiger partial charge on any atom is -0.329 e. The van der Waals surface area contributed by atoms with Crippen molar-refractivity contribution in [3.63, 3.8) is 0 Å². The standard InChI is InChI=1S/C10H18N4/c11-8-10(9-4-5-12-13-9)14-6-2-1-3-7-14/h4-5,10H,1-3,6-8,11H2,(H,12,13). The first-order valence-corrected chi connectivity index (χ1v) is 5.35. The van der Waals surface area contributed by atoms with Crippen molar-refractivity contribution in [3.8, 4) is 0 Å². The fourth-order valence-corrected chi connectivity index (χ4v) is 2.16. The smallest absolute Gasteiger partial charge is 0.0638 e. The van der Waals surface area contributed by atoms with E-state index >= 15 is 0 Å². The van der Waals surface area contributed by atoms with Gasteiger partial charge in [0.25, 0.3) is 0 Å². The summed E-state index contributed by atoms with van der Waals surface area (Å²) >= 11 is 0. The quantitative estimate of drug-likeness (QED) is 0.751. The molecule has 0 spiro atoms. The molecular weight excluding hydrogens is 176 g/mol. The fourth-order valence-electron chi connectivity index (χ4n) is 2.16. The Hall–Kier alpha value is -0.870. The summed E-state index contributed by atoms with van der Waals surface area (Å²) in [5, 5.41) is 6.99. The lowest BCUT2D eigenvalue weighted by Gasteiger charge is -2.33. The zero-order valence-corrected chi connectivity index (χ0v) is 8.45. The summed E-state index contributed by atoms with van der Waals surface area (Å²) in [5.41, 5.74) is 6.95. The number of piperidine rings is 1. The SMILES string of the molecule is NCC(c1ccn[nH]1)N1CCCCC1. The highest BCUT2D eigenvalue weighted by Gasteiger charge is 2.21. The van der Waals surface area contributed by atoms with Crippen LogP contribution in [-0.4, -0.2) is 34.7 Å². The van der Waals surface area contributed by atoms with Crippen LogP contribution >= 0.6 is 0 Å².